The number of aromatic nitrogens is 2. The lowest BCUT2D eigenvalue weighted by atomic mass is 10.1. The third kappa shape index (κ3) is 4.75. The van der Waals surface area contributed by atoms with Crippen LogP contribution >= 0.6 is 11.6 Å². The number of hydrogen-bond acceptors (Lipinski definition) is 4. The number of aryl methyl sites for hydroxylation is 1. The quantitative estimate of drug-likeness (QED) is 0.667. The predicted molar refractivity (Wildman–Crippen MR) is 74.6 cm³/mol. The summed E-state index contributed by atoms with van der Waals surface area (Å²) in [5, 5.41) is 11.9. The summed E-state index contributed by atoms with van der Waals surface area (Å²) in [6, 6.07) is -1.32. The summed E-state index contributed by atoms with van der Waals surface area (Å²) in [6.07, 6.45) is 4.36. The maximum Gasteiger partial charge on any atom is 0.322 e. The van der Waals surface area contributed by atoms with Gasteiger partial charge in [-0.05, 0) is 12.8 Å². The molecule has 0 spiro atoms. The van der Waals surface area contributed by atoms with Crippen molar-refractivity contribution in [3.05, 3.63) is 17.4 Å². The first kappa shape index (κ1) is 15.3. The van der Waals surface area contributed by atoms with Crippen molar-refractivity contribution in [2.24, 2.45) is 0 Å². The van der Waals surface area contributed by atoms with Crippen molar-refractivity contribution in [2.75, 3.05) is 6.54 Å². The summed E-state index contributed by atoms with van der Waals surface area (Å²) in [5.41, 5.74) is 0. The second-order valence-electron chi connectivity index (χ2n) is 4.68. The third-order valence-corrected chi connectivity index (χ3v) is 3.19. The highest BCUT2D eigenvalue weighted by atomic mass is 35.5. The van der Waals surface area contributed by atoms with E-state index in [1.165, 1.54) is 0 Å². The predicted octanol–water partition coefficient (Wildman–Crippen LogP) is 0.0310. The fourth-order valence-corrected chi connectivity index (χ4v) is 2.12. The van der Waals surface area contributed by atoms with E-state index < -0.39 is 12.1 Å². The maximum absolute atomic E-state index is 11.9. The summed E-state index contributed by atoms with van der Waals surface area (Å²) in [7, 11) is 0. The van der Waals surface area contributed by atoms with E-state index in [9.17, 15) is 14.4 Å². The van der Waals surface area contributed by atoms with Crippen molar-refractivity contribution in [1.82, 2.24) is 25.7 Å². The number of nitrogens with one attached hydrogen (secondary N) is 3. The SMILES string of the molecule is O=C1CC[C@H](C(=O)NCCCn2cc(Cl)cn2)NC(=O)N1. The molecule has 1 fully saturated rings. The molecule has 0 aromatic carbocycles. The van der Waals surface area contributed by atoms with Crippen LogP contribution < -0.4 is 16.0 Å². The smallest absolute Gasteiger partial charge is 0.322 e. The molecule has 114 valence electrons. The molecule has 1 aromatic heterocycles. The van der Waals surface area contributed by atoms with Crippen LogP contribution in [0.15, 0.2) is 12.4 Å². The third-order valence-electron chi connectivity index (χ3n) is 3.00. The molecule has 0 aliphatic carbocycles. The lowest BCUT2D eigenvalue weighted by Crippen LogP contribution is -2.48. The Morgan fingerprint density at radius 3 is 3.05 bits per heavy atom. The van der Waals surface area contributed by atoms with Crippen molar-refractivity contribution in [2.45, 2.75) is 31.8 Å². The van der Waals surface area contributed by atoms with E-state index in [1.807, 2.05) is 0 Å². The molecule has 0 bridgehead atoms. The molecule has 1 aliphatic rings. The van der Waals surface area contributed by atoms with Gasteiger partial charge in [0.1, 0.15) is 6.04 Å². The van der Waals surface area contributed by atoms with Crippen LogP contribution in [0.5, 0.6) is 0 Å². The van der Waals surface area contributed by atoms with E-state index in [2.05, 4.69) is 21.0 Å². The first-order chi connectivity index (χ1) is 10.0. The number of nitrogens with zero attached hydrogens (tertiary/aromatic N) is 2. The minimum Gasteiger partial charge on any atom is -0.354 e. The van der Waals surface area contributed by atoms with Gasteiger partial charge in [0.25, 0.3) is 0 Å². The van der Waals surface area contributed by atoms with Gasteiger partial charge >= 0.3 is 6.03 Å². The Kier molecular flexibility index (Phi) is 5.15. The molecule has 3 N–H and O–H groups in total. The molecule has 0 saturated carbocycles. The number of rotatable bonds is 5. The fourth-order valence-electron chi connectivity index (χ4n) is 1.96. The van der Waals surface area contributed by atoms with Crippen LogP contribution in [0.25, 0.3) is 0 Å². The molecular weight excluding hydrogens is 298 g/mol. The van der Waals surface area contributed by atoms with E-state index in [0.717, 1.165) is 0 Å². The minimum atomic E-state index is -0.685. The summed E-state index contributed by atoms with van der Waals surface area (Å²) >= 11 is 5.74. The molecule has 4 amide bonds. The highest BCUT2D eigenvalue weighted by Crippen LogP contribution is 2.05. The van der Waals surface area contributed by atoms with Gasteiger partial charge in [-0.15, -0.1) is 0 Å². The Bertz CT molecular complexity index is 545. The summed E-state index contributed by atoms with van der Waals surface area (Å²) in [6.45, 7) is 1.08. The average molecular weight is 314 g/mol. The maximum atomic E-state index is 11.9. The van der Waals surface area contributed by atoms with Crippen molar-refractivity contribution in [3.8, 4) is 0 Å². The lowest BCUT2D eigenvalue weighted by Gasteiger charge is -2.14. The summed E-state index contributed by atoms with van der Waals surface area (Å²) < 4.78 is 1.69. The van der Waals surface area contributed by atoms with Gasteiger partial charge in [-0.3, -0.25) is 19.6 Å². The zero-order valence-corrected chi connectivity index (χ0v) is 12.0. The highest BCUT2D eigenvalue weighted by Gasteiger charge is 2.25. The monoisotopic (exact) mass is 313 g/mol. The second kappa shape index (κ2) is 7.07. The molecule has 8 nitrogen and oxygen atoms in total. The minimum absolute atomic E-state index is 0.141. The highest BCUT2D eigenvalue weighted by molar-refractivity contribution is 6.30. The molecule has 1 aliphatic heterocycles. The van der Waals surface area contributed by atoms with Gasteiger partial charge < -0.3 is 10.6 Å². The lowest BCUT2D eigenvalue weighted by molar-refractivity contribution is -0.123. The molecule has 0 radical (unpaired) electrons. The average Bonchev–Trinajstić information content (AvgIpc) is 2.76. The van der Waals surface area contributed by atoms with Crippen molar-refractivity contribution >= 4 is 29.4 Å². The van der Waals surface area contributed by atoms with Gasteiger partial charge in [0, 0.05) is 25.7 Å². The van der Waals surface area contributed by atoms with Crippen LogP contribution in [0.3, 0.4) is 0 Å². The van der Waals surface area contributed by atoms with Gasteiger partial charge in [0.05, 0.1) is 11.2 Å². The fraction of sp³-hybridized carbons (Fsp3) is 0.500. The second-order valence-corrected chi connectivity index (χ2v) is 5.12. The molecule has 2 rings (SSSR count). The largest absolute Gasteiger partial charge is 0.354 e. The van der Waals surface area contributed by atoms with Crippen LogP contribution in [-0.4, -0.2) is 40.2 Å². The van der Waals surface area contributed by atoms with Gasteiger partial charge in [-0.25, -0.2) is 4.79 Å². The molecule has 1 saturated heterocycles. The number of halogens is 1. The molecule has 21 heavy (non-hydrogen) atoms. The molecule has 1 atom stereocenters. The Morgan fingerprint density at radius 2 is 2.33 bits per heavy atom. The zero-order valence-electron chi connectivity index (χ0n) is 11.3. The van der Waals surface area contributed by atoms with E-state index in [4.69, 9.17) is 11.6 Å². The van der Waals surface area contributed by atoms with E-state index in [1.54, 1.807) is 17.1 Å². The van der Waals surface area contributed by atoms with Gasteiger partial charge in [0.15, 0.2) is 0 Å². The van der Waals surface area contributed by atoms with E-state index >= 15 is 0 Å². The molecule has 2 heterocycles. The van der Waals surface area contributed by atoms with Crippen LogP contribution in [-0.2, 0) is 16.1 Å². The Hall–Kier alpha value is -2.09. The zero-order chi connectivity index (χ0) is 15.2. The van der Waals surface area contributed by atoms with Crippen LogP contribution in [0.1, 0.15) is 19.3 Å². The topological polar surface area (TPSA) is 105 Å². The summed E-state index contributed by atoms with van der Waals surface area (Å²) in [5.74, 6) is -0.670. The molecular formula is C12H16ClN5O3. The number of hydrogen-bond donors (Lipinski definition) is 3. The van der Waals surface area contributed by atoms with Gasteiger partial charge in [-0.1, -0.05) is 11.6 Å². The molecule has 1 aromatic rings. The van der Waals surface area contributed by atoms with Crippen molar-refractivity contribution < 1.29 is 14.4 Å². The molecule has 0 unspecified atom stereocenters. The Balaban J connectivity index is 1.71. The number of carbonyl (C=O) groups excluding carboxylic acids is 3. The number of carbonyl (C=O) groups is 3. The Morgan fingerprint density at radius 1 is 1.52 bits per heavy atom. The van der Waals surface area contributed by atoms with E-state index in [0.29, 0.717) is 24.5 Å². The van der Waals surface area contributed by atoms with Crippen LogP contribution in [0, 0.1) is 0 Å². The van der Waals surface area contributed by atoms with Gasteiger partial charge in [-0.2, -0.15) is 5.10 Å². The number of amides is 4. The van der Waals surface area contributed by atoms with Crippen molar-refractivity contribution in [1.29, 1.82) is 0 Å². The molecule has 9 heteroatoms. The summed E-state index contributed by atoms with van der Waals surface area (Å²) in [4.78, 5) is 34.3. The number of imide groups is 1. The van der Waals surface area contributed by atoms with E-state index in [-0.39, 0.29) is 24.7 Å². The standard InChI is InChI=1S/C12H16ClN5O3/c13-8-6-15-18(7-8)5-1-4-14-11(20)9-2-3-10(19)17-12(21)16-9/h6-7,9H,1-5H2,(H,14,20)(H2,16,17,19,21)/t9-/m1/s1. The van der Waals surface area contributed by atoms with Crippen LogP contribution in [0.4, 0.5) is 4.79 Å². The van der Waals surface area contributed by atoms with Crippen molar-refractivity contribution in [3.63, 3.8) is 0 Å². The first-order valence-electron chi connectivity index (χ1n) is 6.60. The van der Waals surface area contributed by atoms with Crippen LogP contribution in [0.2, 0.25) is 5.02 Å². The first-order valence-corrected chi connectivity index (χ1v) is 6.98. The Labute approximate surface area is 126 Å². The number of urea groups is 1. The van der Waals surface area contributed by atoms with Gasteiger partial charge in [0.2, 0.25) is 11.8 Å². The normalized spacial score (nSPS) is 18.6.